The number of fused-ring (bicyclic) bond motifs is 1. The molecule has 4 aromatic rings. The van der Waals surface area contributed by atoms with E-state index < -0.39 is 6.04 Å². The van der Waals surface area contributed by atoms with Gasteiger partial charge < -0.3 is 14.1 Å². The van der Waals surface area contributed by atoms with Crippen molar-refractivity contribution in [3.63, 3.8) is 0 Å². The number of furan rings is 1. The highest BCUT2D eigenvalue weighted by Crippen LogP contribution is 2.34. The van der Waals surface area contributed by atoms with Crippen molar-refractivity contribution in [1.29, 1.82) is 0 Å². The topological polar surface area (TPSA) is 102 Å². The number of tetrazole rings is 1. The molecule has 4 heterocycles. The maximum absolute atomic E-state index is 13.8. The molecule has 1 aliphatic heterocycles. The average molecular weight is 517 g/mol. The first kappa shape index (κ1) is 25.0. The Morgan fingerprint density at radius 1 is 1.11 bits per heavy atom. The van der Waals surface area contributed by atoms with Gasteiger partial charge in [0.1, 0.15) is 11.8 Å². The lowest BCUT2D eigenvalue weighted by atomic mass is 9.95. The van der Waals surface area contributed by atoms with E-state index in [2.05, 4.69) is 45.3 Å². The summed E-state index contributed by atoms with van der Waals surface area (Å²) in [5.41, 5.74) is 3.68. The highest BCUT2D eigenvalue weighted by atomic mass is 16.5. The summed E-state index contributed by atoms with van der Waals surface area (Å²) in [5, 5.41) is 14.2. The first-order chi connectivity index (χ1) is 18.6. The van der Waals surface area contributed by atoms with Crippen LogP contribution in [0.15, 0.2) is 45.8 Å². The third kappa shape index (κ3) is 5.05. The Hall–Kier alpha value is -3.30. The van der Waals surface area contributed by atoms with Crippen molar-refractivity contribution in [2.75, 3.05) is 13.2 Å². The Morgan fingerprint density at radius 3 is 2.71 bits per heavy atom. The van der Waals surface area contributed by atoms with Crippen LogP contribution in [0.2, 0.25) is 0 Å². The van der Waals surface area contributed by atoms with Gasteiger partial charge in [0.2, 0.25) is 0 Å². The van der Waals surface area contributed by atoms with Gasteiger partial charge in [0.05, 0.1) is 25.0 Å². The Morgan fingerprint density at radius 2 is 1.95 bits per heavy atom. The molecule has 1 aromatic carbocycles. The van der Waals surface area contributed by atoms with Crippen molar-refractivity contribution in [3.8, 4) is 0 Å². The molecule has 1 aliphatic carbocycles. The molecule has 2 atom stereocenters. The molecule has 1 saturated heterocycles. The maximum atomic E-state index is 13.8. The van der Waals surface area contributed by atoms with Gasteiger partial charge in [-0.15, -0.1) is 5.10 Å². The van der Waals surface area contributed by atoms with Gasteiger partial charge in [-0.05, 0) is 96.8 Å². The zero-order chi connectivity index (χ0) is 26.1. The molecule has 2 fully saturated rings. The molecule has 3 aromatic heterocycles. The summed E-state index contributed by atoms with van der Waals surface area (Å²) in [6.07, 6.45) is 9.45. The minimum atomic E-state index is -0.462. The van der Waals surface area contributed by atoms with E-state index in [-0.39, 0.29) is 17.7 Å². The van der Waals surface area contributed by atoms with Crippen LogP contribution in [-0.4, -0.2) is 49.3 Å². The summed E-state index contributed by atoms with van der Waals surface area (Å²) in [7, 11) is 0. The molecule has 0 unspecified atom stereocenters. The molecule has 0 spiro atoms. The number of hydrogen-bond donors (Lipinski definition) is 1. The number of pyridine rings is 1. The van der Waals surface area contributed by atoms with Crippen molar-refractivity contribution < 1.29 is 9.15 Å². The molecule has 6 rings (SSSR count). The quantitative estimate of drug-likeness (QED) is 0.352. The van der Waals surface area contributed by atoms with E-state index in [4.69, 9.17) is 9.15 Å². The minimum absolute atomic E-state index is 0.0795. The fraction of sp³-hybridized carbons (Fsp3) is 0.517. The number of rotatable bonds is 8. The fourth-order valence-electron chi connectivity index (χ4n) is 6.08. The van der Waals surface area contributed by atoms with Crippen LogP contribution in [0.5, 0.6) is 0 Å². The third-order valence-electron chi connectivity index (χ3n) is 8.23. The van der Waals surface area contributed by atoms with Gasteiger partial charge in [0.15, 0.2) is 5.82 Å². The largest absolute Gasteiger partial charge is 0.468 e. The Kier molecular flexibility index (Phi) is 7.12. The number of aryl methyl sites for hydroxylation is 2. The molecule has 0 bridgehead atoms. The molecular formula is C29H36N6O3. The second-order valence-electron chi connectivity index (χ2n) is 10.9. The molecule has 1 saturated carbocycles. The molecule has 1 N–H and O–H groups in total. The van der Waals surface area contributed by atoms with Gasteiger partial charge >= 0.3 is 0 Å². The summed E-state index contributed by atoms with van der Waals surface area (Å²) >= 11 is 0. The standard InChI is InChI=1S/C29H36N6O3/c1-19-14-21-16-25(29(36)30-26(21)15-20(19)2)27(28-31-32-33-35(28)22-8-4-3-5-9-22)34(17-23-10-6-12-37-23)18-24-11-7-13-38-24/h6,10,12,14-16,22,24,27H,3-5,7-9,11,13,17-18H2,1-2H3,(H,30,36)/t24-,27-/m1/s1. The monoisotopic (exact) mass is 516 g/mol. The van der Waals surface area contributed by atoms with Crippen LogP contribution in [0.4, 0.5) is 0 Å². The van der Waals surface area contributed by atoms with Crippen LogP contribution >= 0.6 is 0 Å². The van der Waals surface area contributed by atoms with Gasteiger partial charge in [0, 0.05) is 24.2 Å². The predicted octanol–water partition coefficient (Wildman–Crippen LogP) is 5.00. The fourth-order valence-corrected chi connectivity index (χ4v) is 6.08. The molecule has 9 heteroatoms. The lowest BCUT2D eigenvalue weighted by molar-refractivity contribution is 0.0539. The lowest BCUT2D eigenvalue weighted by Gasteiger charge is -2.33. The Labute approximate surface area is 222 Å². The number of benzene rings is 1. The van der Waals surface area contributed by atoms with Crippen molar-refractivity contribution in [2.45, 2.75) is 83.5 Å². The molecule has 9 nitrogen and oxygen atoms in total. The highest BCUT2D eigenvalue weighted by Gasteiger charge is 2.35. The van der Waals surface area contributed by atoms with Crippen LogP contribution in [0.1, 0.15) is 85.3 Å². The van der Waals surface area contributed by atoms with Gasteiger partial charge in [0.25, 0.3) is 5.56 Å². The predicted molar refractivity (Wildman–Crippen MR) is 144 cm³/mol. The number of ether oxygens (including phenoxy) is 1. The lowest BCUT2D eigenvalue weighted by Crippen LogP contribution is -2.39. The van der Waals surface area contributed by atoms with E-state index in [1.54, 1.807) is 6.26 Å². The number of nitrogens with one attached hydrogen (secondary N) is 1. The van der Waals surface area contributed by atoms with Crippen LogP contribution in [0.25, 0.3) is 10.9 Å². The normalized spacial score (nSPS) is 19.5. The van der Waals surface area contributed by atoms with E-state index in [1.165, 1.54) is 12.0 Å². The summed E-state index contributed by atoms with van der Waals surface area (Å²) in [4.78, 5) is 19.2. The zero-order valence-corrected chi connectivity index (χ0v) is 22.2. The van der Waals surface area contributed by atoms with Gasteiger partial charge in [-0.25, -0.2) is 4.68 Å². The van der Waals surface area contributed by atoms with E-state index in [9.17, 15) is 4.79 Å². The van der Waals surface area contributed by atoms with E-state index in [1.807, 2.05) is 28.9 Å². The third-order valence-corrected chi connectivity index (χ3v) is 8.23. The number of hydrogen-bond acceptors (Lipinski definition) is 7. The molecule has 2 aliphatic rings. The smallest absolute Gasteiger partial charge is 0.253 e. The molecular weight excluding hydrogens is 480 g/mol. The van der Waals surface area contributed by atoms with E-state index >= 15 is 0 Å². The van der Waals surface area contributed by atoms with E-state index in [0.29, 0.717) is 24.5 Å². The number of aromatic amines is 1. The summed E-state index contributed by atoms with van der Waals surface area (Å²) < 4.78 is 13.8. The molecule has 0 radical (unpaired) electrons. The zero-order valence-electron chi connectivity index (χ0n) is 22.2. The number of aromatic nitrogens is 5. The second kappa shape index (κ2) is 10.8. The maximum Gasteiger partial charge on any atom is 0.253 e. The highest BCUT2D eigenvalue weighted by molar-refractivity contribution is 5.81. The van der Waals surface area contributed by atoms with Gasteiger partial charge in [-0.1, -0.05) is 19.3 Å². The van der Waals surface area contributed by atoms with Crippen LogP contribution in [0, 0.1) is 13.8 Å². The SMILES string of the molecule is Cc1cc2cc([C@H](c3nnnn3C3CCCCC3)N(Cc3ccco3)C[C@H]3CCCO3)c(=O)[nH]c2cc1C. The van der Waals surface area contributed by atoms with Crippen molar-refractivity contribution in [1.82, 2.24) is 30.1 Å². The van der Waals surface area contributed by atoms with E-state index in [0.717, 1.165) is 67.4 Å². The Balaban J connectivity index is 1.51. The molecule has 0 amide bonds. The van der Waals surface area contributed by atoms with Crippen LogP contribution in [-0.2, 0) is 11.3 Å². The molecule has 38 heavy (non-hydrogen) atoms. The summed E-state index contributed by atoms with van der Waals surface area (Å²) in [5.74, 6) is 1.53. The van der Waals surface area contributed by atoms with Crippen molar-refractivity contribution >= 4 is 10.9 Å². The van der Waals surface area contributed by atoms with Crippen LogP contribution < -0.4 is 5.56 Å². The minimum Gasteiger partial charge on any atom is -0.468 e. The van der Waals surface area contributed by atoms with Gasteiger partial charge in [-0.3, -0.25) is 9.69 Å². The number of H-pyrrole nitrogens is 1. The second-order valence-corrected chi connectivity index (χ2v) is 10.9. The number of nitrogens with zero attached hydrogens (tertiary/aromatic N) is 5. The van der Waals surface area contributed by atoms with Crippen molar-refractivity contribution in [3.05, 3.63) is 75.2 Å². The summed E-state index contributed by atoms with van der Waals surface area (Å²) in [6, 6.07) is 9.85. The summed E-state index contributed by atoms with van der Waals surface area (Å²) in [6.45, 7) is 6.09. The molecule has 200 valence electrons. The van der Waals surface area contributed by atoms with Crippen molar-refractivity contribution in [2.24, 2.45) is 0 Å². The Bertz CT molecular complexity index is 1430. The average Bonchev–Trinajstić information content (AvgIpc) is 3.70. The van der Waals surface area contributed by atoms with Crippen LogP contribution in [0.3, 0.4) is 0 Å². The van der Waals surface area contributed by atoms with Gasteiger partial charge in [-0.2, -0.15) is 0 Å². The first-order valence-corrected chi connectivity index (χ1v) is 13.9. The first-order valence-electron chi connectivity index (χ1n) is 13.9.